The standard InChI is InChI=1S/C25H34N6O/c1-3-26-25(29-21-12-14-30(17-21)22-8-4-19(2)5-9-22)28-16-20-6-10-23(11-7-20)31-15-13-27-24(32)18-31/h4-11,21H,3,12-18H2,1-2H3,(H,27,32)(H2,26,28,29). The normalized spacial score (nSPS) is 19.1. The minimum atomic E-state index is 0.0825. The van der Waals surface area contributed by atoms with E-state index >= 15 is 0 Å². The number of rotatable bonds is 6. The van der Waals surface area contributed by atoms with E-state index < -0.39 is 0 Å². The molecule has 0 aliphatic carbocycles. The zero-order valence-corrected chi connectivity index (χ0v) is 19.1. The van der Waals surface area contributed by atoms with Crippen molar-refractivity contribution in [3.8, 4) is 0 Å². The number of guanidine groups is 1. The fourth-order valence-corrected chi connectivity index (χ4v) is 4.22. The molecule has 170 valence electrons. The van der Waals surface area contributed by atoms with Crippen molar-refractivity contribution in [3.63, 3.8) is 0 Å². The number of carbonyl (C=O) groups is 1. The lowest BCUT2D eigenvalue weighted by Crippen LogP contribution is -2.47. The van der Waals surface area contributed by atoms with Crippen LogP contribution in [-0.2, 0) is 11.3 Å². The number of hydrogen-bond donors (Lipinski definition) is 3. The van der Waals surface area contributed by atoms with Gasteiger partial charge in [-0.15, -0.1) is 0 Å². The Morgan fingerprint density at radius 1 is 1.06 bits per heavy atom. The van der Waals surface area contributed by atoms with Gasteiger partial charge in [0.1, 0.15) is 0 Å². The molecule has 2 heterocycles. The van der Waals surface area contributed by atoms with Gasteiger partial charge in [0.25, 0.3) is 0 Å². The Bertz CT molecular complexity index is 924. The molecule has 0 spiro atoms. The van der Waals surface area contributed by atoms with Gasteiger partial charge in [0.15, 0.2) is 5.96 Å². The molecule has 3 N–H and O–H groups in total. The topological polar surface area (TPSA) is 72.0 Å². The number of nitrogens with one attached hydrogen (secondary N) is 3. The van der Waals surface area contributed by atoms with Gasteiger partial charge >= 0.3 is 0 Å². The van der Waals surface area contributed by atoms with Gasteiger partial charge in [-0.3, -0.25) is 4.79 Å². The zero-order chi connectivity index (χ0) is 22.3. The fourth-order valence-electron chi connectivity index (χ4n) is 4.22. The molecule has 4 rings (SSSR count). The minimum absolute atomic E-state index is 0.0825. The Hall–Kier alpha value is -3.22. The molecule has 2 saturated heterocycles. The molecule has 2 aromatic rings. The lowest BCUT2D eigenvalue weighted by Gasteiger charge is -2.28. The molecule has 2 aliphatic rings. The second-order valence-electron chi connectivity index (χ2n) is 8.54. The van der Waals surface area contributed by atoms with Crippen LogP contribution in [-0.4, -0.2) is 57.2 Å². The van der Waals surface area contributed by atoms with Gasteiger partial charge in [0, 0.05) is 50.1 Å². The maximum absolute atomic E-state index is 11.6. The molecule has 2 aliphatic heterocycles. The molecule has 1 unspecified atom stereocenters. The Balaban J connectivity index is 1.33. The van der Waals surface area contributed by atoms with Gasteiger partial charge in [0.2, 0.25) is 5.91 Å². The van der Waals surface area contributed by atoms with Crippen LogP contribution in [0.15, 0.2) is 53.5 Å². The molecule has 0 bridgehead atoms. The SMILES string of the molecule is CCNC(=NCc1ccc(N2CCNC(=O)C2)cc1)NC1CCN(c2ccc(C)cc2)C1. The van der Waals surface area contributed by atoms with Gasteiger partial charge < -0.3 is 25.8 Å². The third-order valence-corrected chi connectivity index (χ3v) is 6.03. The van der Waals surface area contributed by atoms with Gasteiger partial charge in [-0.05, 0) is 50.1 Å². The zero-order valence-electron chi connectivity index (χ0n) is 19.1. The van der Waals surface area contributed by atoms with E-state index in [1.165, 1.54) is 11.3 Å². The number of aryl methyl sites for hydroxylation is 1. The largest absolute Gasteiger partial charge is 0.369 e. The maximum atomic E-state index is 11.6. The first-order valence-corrected chi connectivity index (χ1v) is 11.6. The predicted octanol–water partition coefficient (Wildman–Crippen LogP) is 2.27. The Morgan fingerprint density at radius 3 is 2.50 bits per heavy atom. The second kappa shape index (κ2) is 10.4. The van der Waals surface area contributed by atoms with Gasteiger partial charge in [-0.25, -0.2) is 4.99 Å². The summed E-state index contributed by atoms with van der Waals surface area (Å²) in [6, 6.07) is 17.5. The molecule has 7 heteroatoms. The third-order valence-electron chi connectivity index (χ3n) is 6.03. The van der Waals surface area contributed by atoms with Crippen LogP contribution in [0.2, 0.25) is 0 Å². The first kappa shape index (κ1) is 22.0. The average molecular weight is 435 g/mol. The van der Waals surface area contributed by atoms with Gasteiger partial charge in [-0.2, -0.15) is 0 Å². The van der Waals surface area contributed by atoms with Crippen molar-refractivity contribution in [2.24, 2.45) is 4.99 Å². The summed E-state index contributed by atoms with van der Waals surface area (Å²) in [7, 11) is 0. The molecule has 1 atom stereocenters. The molecule has 32 heavy (non-hydrogen) atoms. The average Bonchev–Trinajstić information content (AvgIpc) is 3.27. The van der Waals surface area contributed by atoms with Crippen molar-refractivity contribution in [1.29, 1.82) is 0 Å². The molecular formula is C25H34N6O. The quantitative estimate of drug-likeness (QED) is 0.481. The molecule has 2 aromatic carbocycles. The van der Waals surface area contributed by atoms with Crippen LogP contribution in [0.5, 0.6) is 0 Å². The molecule has 0 saturated carbocycles. The number of nitrogens with zero attached hydrogens (tertiary/aromatic N) is 3. The molecular weight excluding hydrogens is 400 g/mol. The summed E-state index contributed by atoms with van der Waals surface area (Å²) in [5.74, 6) is 0.944. The first-order valence-electron chi connectivity index (χ1n) is 11.6. The van der Waals surface area contributed by atoms with Crippen molar-refractivity contribution in [3.05, 3.63) is 59.7 Å². The highest BCUT2D eigenvalue weighted by Gasteiger charge is 2.23. The van der Waals surface area contributed by atoms with Crippen molar-refractivity contribution < 1.29 is 4.79 Å². The van der Waals surface area contributed by atoms with Crippen LogP contribution in [0.3, 0.4) is 0 Å². The van der Waals surface area contributed by atoms with Crippen LogP contribution in [0.4, 0.5) is 11.4 Å². The van der Waals surface area contributed by atoms with E-state index in [9.17, 15) is 4.79 Å². The Kier molecular flexibility index (Phi) is 7.14. The molecule has 2 fully saturated rings. The molecule has 0 aromatic heterocycles. The van der Waals surface area contributed by atoms with E-state index in [0.29, 0.717) is 25.7 Å². The summed E-state index contributed by atoms with van der Waals surface area (Å²) in [4.78, 5) is 21.0. The monoisotopic (exact) mass is 434 g/mol. The highest BCUT2D eigenvalue weighted by molar-refractivity contribution is 5.82. The minimum Gasteiger partial charge on any atom is -0.369 e. The number of benzene rings is 2. The van der Waals surface area contributed by atoms with Crippen LogP contribution >= 0.6 is 0 Å². The van der Waals surface area contributed by atoms with Crippen molar-refractivity contribution in [2.75, 3.05) is 49.1 Å². The van der Waals surface area contributed by atoms with Gasteiger partial charge in [-0.1, -0.05) is 29.8 Å². The predicted molar refractivity (Wildman–Crippen MR) is 131 cm³/mol. The summed E-state index contributed by atoms with van der Waals surface area (Å²) in [6.07, 6.45) is 1.09. The Morgan fingerprint density at radius 2 is 1.78 bits per heavy atom. The highest BCUT2D eigenvalue weighted by atomic mass is 16.2. The number of carbonyl (C=O) groups excluding carboxylic acids is 1. The lowest BCUT2D eigenvalue weighted by molar-refractivity contribution is -0.120. The van der Waals surface area contributed by atoms with E-state index in [1.54, 1.807) is 0 Å². The van der Waals surface area contributed by atoms with Crippen LogP contribution in [0.25, 0.3) is 0 Å². The van der Waals surface area contributed by atoms with Crippen LogP contribution in [0, 0.1) is 6.92 Å². The maximum Gasteiger partial charge on any atom is 0.239 e. The van der Waals surface area contributed by atoms with E-state index in [-0.39, 0.29) is 5.91 Å². The summed E-state index contributed by atoms with van der Waals surface area (Å²) < 4.78 is 0. The van der Waals surface area contributed by atoms with Crippen LogP contribution in [0.1, 0.15) is 24.5 Å². The molecule has 0 radical (unpaired) electrons. The second-order valence-corrected chi connectivity index (χ2v) is 8.54. The van der Waals surface area contributed by atoms with E-state index in [4.69, 9.17) is 4.99 Å². The van der Waals surface area contributed by atoms with Crippen LogP contribution < -0.4 is 25.8 Å². The summed E-state index contributed by atoms with van der Waals surface area (Å²) in [5.41, 5.74) is 4.81. The van der Waals surface area contributed by atoms with Crippen molar-refractivity contribution in [2.45, 2.75) is 32.9 Å². The number of piperazine rings is 1. The smallest absolute Gasteiger partial charge is 0.239 e. The first-order chi connectivity index (χ1) is 15.6. The summed E-state index contributed by atoms with van der Waals surface area (Å²) >= 11 is 0. The van der Waals surface area contributed by atoms with E-state index in [1.807, 2.05) is 0 Å². The molecule has 7 nitrogen and oxygen atoms in total. The Labute approximate surface area is 190 Å². The number of anilines is 2. The summed E-state index contributed by atoms with van der Waals surface area (Å²) in [6.45, 7) is 9.66. The van der Waals surface area contributed by atoms with E-state index in [0.717, 1.165) is 49.8 Å². The van der Waals surface area contributed by atoms with Gasteiger partial charge in [0.05, 0.1) is 13.1 Å². The van der Waals surface area contributed by atoms with E-state index in [2.05, 4.69) is 88.1 Å². The van der Waals surface area contributed by atoms with Crippen molar-refractivity contribution in [1.82, 2.24) is 16.0 Å². The summed E-state index contributed by atoms with van der Waals surface area (Å²) in [5, 5.41) is 9.85. The fraction of sp³-hybridized carbons (Fsp3) is 0.440. The number of aliphatic imine (C=N–C) groups is 1. The molecule has 1 amide bonds. The number of amides is 1. The highest BCUT2D eigenvalue weighted by Crippen LogP contribution is 2.21. The third kappa shape index (κ3) is 5.72. The van der Waals surface area contributed by atoms with Crippen molar-refractivity contribution >= 4 is 23.2 Å². The lowest BCUT2D eigenvalue weighted by atomic mass is 10.2. The number of hydrogen-bond acceptors (Lipinski definition) is 4.